The van der Waals surface area contributed by atoms with E-state index in [0.717, 1.165) is 17.1 Å². The molecule has 2 heterocycles. The van der Waals surface area contributed by atoms with E-state index in [1.165, 1.54) is 12.1 Å². The summed E-state index contributed by atoms with van der Waals surface area (Å²) in [6.45, 7) is 4.52. The minimum Gasteiger partial charge on any atom is -0.368 e. The van der Waals surface area contributed by atoms with Crippen molar-refractivity contribution in [2.24, 2.45) is 0 Å². The standard InChI is InChI=1S/C21H20ClFN4O/c1-15-20(14-24-27(15)19-4-2-3-16(22)13-19)21(28)26-11-9-25(10-12-26)18-7-5-17(23)6-8-18/h2-8,13-14H,9-12H2,1H3. The maximum Gasteiger partial charge on any atom is 0.257 e. The molecule has 0 aliphatic carbocycles. The second-order valence-corrected chi connectivity index (χ2v) is 7.23. The molecule has 1 fully saturated rings. The average molecular weight is 399 g/mol. The van der Waals surface area contributed by atoms with Gasteiger partial charge >= 0.3 is 0 Å². The molecule has 0 saturated carbocycles. The Morgan fingerprint density at radius 1 is 1.04 bits per heavy atom. The van der Waals surface area contributed by atoms with Crippen molar-refractivity contribution in [1.82, 2.24) is 14.7 Å². The normalized spacial score (nSPS) is 14.4. The Hall–Kier alpha value is -2.86. The van der Waals surface area contributed by atoms with Crippen LogP contribution in [0.5, 0.6) is 0 Å². The van der Waals surface area contributed by atoms with E-state index in [9.17, 15) is 9.18 Å². The molecular weight excluding hydrogens is 379 g/mol. The summed E-state index contributed by atoms with van der Waals surface area (Å²) in [5.41, 5.74) is 3.17. The Kier molecular flexibility index (Phi) is 5.05. The van der Waals surface area contributed by atoms with Crippen LogP contribution in [-0.4, -0.2) is 46.8 Å². The quantitative estimate of drug-likeness (QED) is 0.671. The van der Waals surface area contributed by atoms with Crippen molar-refractivity contribution in [2.75, 3.05) is 31.1 Å². The van der Waals surface area contributed by atoms with Crippen LogP contribution in [0.3, 0.4) is 0 Å². The molecule has 7 heteroatoms. The van der Waals surface area contributed by atoms with Crippen LogP contribution >= 0.6 is 11.6 Å². The van der Waals surface area contributed by atoms with Crippen LogP contribution in [0.4, 0.5) is 10.1 Å². The molecule has 28 heavy (non-hydrogen) atoms. The first-order valence-corrected chi connectivity index (χ1v) is 9.51. The van der Waals surface area contributed by atoms with Gasteiger partial charge in [0, 0.05) is 36.9 Å². The number of piperazine rings is 1. The van der Waals surface area contributed by atoms with Crippen LogP contribution in [0.1, 0.15) is 16.1 Å². The molecule has 0 unspecified atom stereocenters. The van der Waals surface area contributed by atoms with Gasteiger partial charge in [0.05, 0.1) is 23.1 Å². The van der Waals surface area contributed by atoms with Crippen molar-refractivity contribution in [3.05, 3.63) is 76.8 Å². The van der Waals surface area contributed by atoms with E-state index in [1.807, 2.05) is 30.0 Å². The number of benzene rings is 2. The van der Waals surface area contributed by atoms with Crippen molar-refractivity contribution < 1.29 is 9.18 Å². The third kappa shape index (κ3) is 3.60. The predicted molar refractivity (Wildman–Crippen MR) is 108 cm³/mol. The molecule has 1 aromatic heterocycles. The van der Waals surface area contributed by atoms with Crippen molar-refractivity contribution in [3.8, 4) is 5.69 Å². The highest BCUT2D eigenvalue weighted by atomic mass is 35.5. The molecule has 144 valence electrons. The summed E-state index contributed by atoms with van der Waals surface area (Å²) in [6.07, 6.45) is 1.62. The van der Waals surface area contributed by atoms with E-state index < -0.39 is 0 Å². The Labute approximate surface area is 167 Å². The van der Waals surface area contributed by atoms with Crippen molar-refractivity contribution >= 4 is 23.2 Å². The second-order valence-electron chi connectivity index (χ2n) is 6.79. The average Bonchev–Trinajstić information content (AvgIpc) is 3.09. The van der Waals surface area contributed by atoms with E-state index >= 15 is 0 Å². The molecule has 0 radical (unpaired) electrons. The lowest BCUT2D eigenvalue weighted by molar-refractivity contribution is 0.0746. The van der Waals surface area contributed by atoms with E-state index in [2.05, 4.69) is 10.00 Å². The van der Waals surface area contributed by atoms with Crippen LogP contribution in [-0.2, 0) is 0 Å². The lowest BCUT2D eigenvalue weighted by atomic mass is 10.2. The van der Waals surface area contributed by atoms with Crippen LogP contribution in [0, 0.1) is 12.7 Å². The monoisotopic (exact) mass is 398 g/mol. The van der Waals surface area contributed by atoms with Gasteiger partial charge in [-0.25, -0.2) is 9.07 Å². The zero-order valence-electron chi connectivity index (χ0n) is 15.5. The molecule has 0 N–H and O–H groups in total. The van der Waals surface area contributed by atoms with Crippen LogP contribution in [0.25, 0.3) is 5.69 Å². The summed E-state index contributed by atoms with van der Waals surface area (Å²) in [7, 11) is 0. The van der Waals surface area contributed by atoms with E-state index in [-0.39, 0.29) is 11.7 Å². The van der Waals surface area contributed by atoms with Crippen LogP contribution in [0.2, 0.25) is 5.02 Å². The van der Waals surface area contributed by atoms with Crippen molar-refractivity contribution in [3.63, 3.8) is 0 Å². The third-order valence-corrected chi connectivity index (χ3v) is 5.29. The van der Waals surface area contributed by atoms with Gasteiger partial charge in [0.1, 0.15) is 5.82 Å². The van der Waals surface area contributed by atoms with Gasteiger partial charge in [-0.3, -0.25) is 4.79 Å². The van der Waals surface area contributed by atoms with Gasteiger partial charge < -0.3 is 9.80 Å². The molecule has 5 nitrogen and oxygen atoms in total. The summed E-state index contributed by atoms with van der Waals surface area (Å²) in [4.78, 5) is 17.0. The fourth-order valence-corrected chi connectivity index (χ4v) is 3.66. The number of carbonyl (C=O) groups is 1. The minimum absolute atomic E-state index is 0.0236. The van der Waals surface area contributed by atoms with E-state index in [1.54, 1.807) is 29.1 Å². The fourth-order valence-electron chi connectivity index (χ4n) is 3.48. The highest BCUT2D eigenvalue weighted by molar-refractivity contribution is 6.30. The highest BCUT2D eigenvalue weighted by Crippen LogP contribution is 2.21. The van der Waals surface area contributed by atoms with Gasteiger partial charge in [-0.1, -0.05) is 17.7 Å². The molecule has 4 rings (SSSR count). The first kappa shape index (κ1) is 18.5. The van der Waals surface area contributed by atoms with Crippen molar-refractivity contribution in [2.45, 2.75) is 6.92 Å². The maximum absolute atomic E-state index is 13.1. The Morgan fingerprint density at radius 3 is 2.43 bits per heavy atom. The SMILES string of the molecule is Cc1c(C(=O)N2CCN(c3ccc(F)cc3)CC2)cnn1-c1cccc(Cl)c1. The van der Waals surface area contributed by atoms with Gasteiger partial charge in [0.15, 0.2) is 0 Å². The van der Waals surface area contributed by atoms with Gasteiger partial charge in [0.2, 0.25) is 0 Å². The van der Waals surface area contributed by atoms with Crippen molar-refractivity contribution in [1.29, 1.82) is 0 Å². The maximum atomic E-state index is 13.1. The highest BCUT2D eigenvalue weighted by Gasteiger charge is 2.25. The van der Waals surface area contributed by atoms with Gasteiger partial charge in [-0.15, -0.1) is 0 Å². The number of amides is 1. The summed E-state index contributed by atoms with van der Waals surface area (Å²) in [5.74, 6) is -0.269. The molecule has 0 atom stereocenters. The van der Waals surface area contributed by atoms with Gasteiger partial charge in [-0.05, 0) is 49.4 Å². The first-order chi connectivity index (χ1) is 13.5. The summed E-state index contributed by atoms with van der Waals surface area (Å²) in [6, 6.07) is 13.8. The molecule has 0 spiro atoms. The topological polar surface area (TPSA) is 41.4 Å². The van der Waals surface area contributed by atoms with E-state index in [0.29, 0.717) is 36.8 Å². The number of hydrogen-bond donors (Lipinski definition) is 0. The molecule has 1 amide bonds. The molecule has 1 saturated heterocycles. The minimum atomic E-state index is -0.246. The second kappa shape index (κ2) is 7.64. The summed E-state index contributed by atoms with van der Waals surface area (Å²) in [5, 5.41) is 5.00. The van der Waals surface area contributed by atoms with Crippen LogP contribution in [0.15, 0.2) is 54.7 Å². The van der Waals surface area contributed by atoms with Gasteiger partial charge in [0.25, 0.3) is 5.91 Å². The lowest BCUT2D eigenvalue weighted by Crippen LogP contribution is -2.48. The number of hydrogen-bond acceptors (Lipinski definition) is 3. The molecule has 1 aliphatic heterocycles. The number of halogens is 2. The molecule has 3 aromatic rings. The first-order valence-electron chi connectivity index (χ1n) is 9.13. The smallest absolute Gasteiger partial charge is 0.257 e. The fraction of sp³-hybridized carbons (Fsp3) is 0.238. The third-order valence-electron chi connectivity index (χ3n) is 5.05. The summed E-state index contributed by atoms with van der Waals surface area (Å²) < 4.78 is 14.8. The van der Waals surface area contributed by atoms with Gasteiger partial charge in [-0.2, -0.15) is 5.10 Å². The number of nitrogens with zero attached hydrogens (tertiary/aromatic N) is 4. The molecule has 1 aliphatic rings. The lowest BCUT2D eigenvalue weighted by Gasteiger charge is -2.36. The molecule has 2 aromatic carbocycles. The Morgan fingerprint density at radius 2 is 1.75 bits per heavy atom. The molecule has 0 bridgehead atoms. The van der Waals surface area contributed by atoms with Crippen LogP contribution < -0.4 is 4.90 Å². The zero-order valence-corrected chi connectivity index (χ0v) is 16.2. The number of rotatable bonds is 3. The largest absolute Gasteiger partial charge is 0.368 e. The number of aromatic nitrogens is 2. The Balaban J connectivity index is 1.46. The number of carbonyl (C=O) groups excluding carboxylic acids is 1. The Bertz CT molecular complexity index is 994. The summed E-state index contributed by atoms with van der Waals surface area (Å²) >= 11 is 6.07. The van der Waals surface area contributed by atoms with E-state index in [4.69, 9.17) is 11.6 Å². The number of anilines is 1. The predicted octanol–water partition coefficient (Wildman–Crippen LogP) is 3.94. The zero-order chi connectivity index (χ0) is 19.7. The molecular formula is C21H20ClFN4O.